The molecule has 2 N–H and O–H groups in total. The molecule has 0 atom stereocenters. The van der Waals surface area contributed by atoms with E-state index in [0.29, 0.717) is 23.3 Å². The first-order valence-corrected chi connectivity index (χ1v) is 4.88. The number of nitrogens with zero attached hydrogens (tertiary/aromatic N) is 2. The van der Waals surface area contributed by atoms with Crippen molar-refractivity contribution in [3.8, 4) is 0 Å². The zero-order valence-electron chi connectivity index (χ0n) is 8.03. The van der Waals surface area contributed by atoms with E-state index >= 15 is 0 Å². The highest BCUT2D eigenvalue weighted by Crippen LogP contribution is 2.13. The minimum atomic E-state index is -0.221. The SMILES string of the molecule is CNc1nnc(C(=O)NCCOC)s1. The van der Waals surface area contributed by atoms with Crippen molar-refractivity contribution < 1.29 is 9.53 Å². The highest BCUT2D eigenvalue weighted by molar-refractivity contribution is 7.17. The van der Waals surface area contributed by atoms with Crippen LogP contribution in [0.15, 0.2) is 0 Å². The van der Waals surface area contributed by atoms with E-state index in [1.165, 1.54) is 11.3 Å². The zero-order chi connectivity index (χ0) is 10.4. The third-order valence-electron chi connectivity index (χ3n) is 1.42. The van der Waals surface area contributed by atoms with Crippen molar-refractivity contribution in [3.05, 3.63) is 5.01 Å². The molecule has 1 aromatic rings. The number of hydrogen-bond donors (Lipinski definition) is 2. The van der Waals surface area contributed by atoms with Gasteiger partial charge in [-0.25, -0.2) is 0 Å². The largest absolute Gasteiger partial charge is 0.383 e. The first-order valence-electron chi connectivity index (χ1n) is 4.06. The van der Waals surface area contributed by atoms with Crippen molar-refractivity contribution >= 4 is 22.4 Å². The molecule has 0 aliphatic heterocycles. The summed E-state index contributed by atoms with van der Waals surface area (Å²) in [4.78, 5) is 11.4. The Morgan fingerprint density at radius 2 is 2.36 bits per heavy atom. The van der Waals surface area contributed by atoms with Gasteiger partial charge in [-0.2, -0.15) is 0 Å². The van der Waals surface area contributed by atoms with Gasteiger partial charge in [-0.3, -0.25) is 4.79 Å². The van der Waals surface area contributed by atoms with Crippen LogP contribution in [0.1, 0.15) is 9.80 Å². The number of anilines is 1. The lowest BCUT2D eigenvalue weighted by Crippen LogP contribution is -2.26. The maximum atomic E-state index is 11.4. The van der Waals surface area contributed by atoms with Gasteiger partial charge >= 0.3 is 0 Å². The molecule has 0 aliphatic rings. The first kappa shape index (κ1) is 10.9. The monoisotopic (exact) mass is 216 g/mol. The van der Waals surface area contributed by atoms with Gasteiger partial charge in [0.1, 0.15) is 0 Å². The molecule has 1 aromatic heterocycles. The minimum absolute atomic E-state index is 0.221. The Labute approximate surface area is 85.7 Å². The molecule has 0 saturated heterocycles. The van der Waals surface area contributed by atoms with Crippen LogP contribution in [0.25, 0.3) is 0 Å². The van der Waals surface area contributed by atoms with Gasteiger partial charge < -0.3 is 15.4 Å². The van der Waals surface area contributed by atoms with Gasteiger partial charge in [0.2, 0.25) is 10.1 Å². The van der Waals surface area contributed by atoms with Crippen LogP contribution in [-0.2, 0) is 4.74 Å². The molecule has 1 heterocycles. The van der Waals surface area contributed by atoms with E-state index in [1.807, 2.05) is 0 Å². The summed E-state index contributed by atoms with van der Waals surface area (Å²) in [6.07, 6.45) is 0. The normalized spacial score (nSPS) is 9.86. The van der Waals surface area contributed by atoms with Crippen molar-refractivity contribution in [1.29, 1.82) is 0 Å². The molecule has 78 valence electrons. The molecule has 0 aliphatic carbocycles. The lowest BCUT2D eigenvalue weighted by atomic mass is 10.6. The van der Waals surface area contributed by atoms with Crippen molar-refractivity contribution in [2.45, 2.75) is 0 Å². The second-order valence-corrected chi connectivity index (χ2v) is 3.39. The van der Waals surface area contributed by atoms with Crippen LogP contribution in [-0.4, -0.2) is 43.4 Å². The molecule has 0 aromatic carbocycles. The molecule has 0 spiro atoms. The van der Waals surface area contributed by atoms with Crippen LogP contribution < -0.4 is 10.6 Å². The molecule has 0 unspecified atom stereocenters. The molecule has 7 heteroatoms. The smallest absolute Gasteiger partial charge is 0.282 e. The highest BCUT2D eigenvalue weighted by Gasteiger charge is 2.10. The van der Waals surface area contributed by atoms with Crippen LogP contribution in [0.5, 0.6) is 0 Å². The summed E-state index contributed by atoms with van der Waals surface area (Å²) in [6, 6.07) is 0. The number of carbonyl (C=O) groups is 1. The summed E-state index contributed by atoms with van der Waals surface area (Å²) < 4.78 is 4.79. The maximum absolute atomic E-state index is 11.4. The van der Waals surface area contributed by atoms with Gasteiger partial charge in [-0.05, 0) is 0 Å². The molecular weight excluding hydrogens is 204 g/mol. The van der Waals surface area contributed by atoms with Crippen molar-refractivity contribution in [2.75, 3.05) is 32.6 Å². The van der Waals surface area contributed by atoms with Gasteiger partial charge in [-0.15, -0.1) is 10.2 Å². The number of ether oxygens (including phenoxy) is 1. The summed E-state index contributed by atoms with van der Waals surface area (Å²) >= 11 is 1.21. The van der Waals surface area contributed by atoms with E-state index in [9.17, 15) is 4.79 Å². The van der Waals surface area contributed by atoms with Gasteiger partial charge in [0.15, 0.2) is 0 Å². The summed E-state index contributed by atoms with van der Waals surface area (Å²) in [6.45, 7) is 0.966. The Morgan fingerprint density at radius 1 is 1.57 bits per heavy atom. The second kappa shape index (κ2) is 5.51. The van der Waals surface area contributed by atoms with E-state index in [0.717, 1.165) is 0 Å². The quantitative estimate of drug-likeness (QED) is 0.675. The predicted molar refractivity (Wildman–Crippen MR) is 53.7 cm³/mol. The van der Waals surface area contributed by atoms with Crippen LogP contribution in [0.3, 0.4) is 0 Å². The summed E-state index contributed by atoms with van der Waals surface area (Å²) in [5.74, 6) is -0.221. The Kier molecular flexibility index (Phi) is 4.27. The van der Waals surface area contributed by atoms with Crippen LogP contribution in [0, 0.1) is 0 Å². The van der Waals surface area contributed by atoms with Crippen LogP contribution in [0.4, 0.5) is 5.13 Å². The number of amides is 1. The fraction of sp³-hybridized carbons (Fsp3) is 0.571. The second-order valence-electron chi connectivity index (χ2n) is 2.41. The fourth-order valence-electron chi connectivity index (χ4n) is 0.758. The molecule has 0 saturated carbocycles. The Hall–Kier alpha value is -1.21. The third kappa shape index (κ3) is 2.93. The predicted octanol–water partition coefficient (Wildman–Crippen LogP) is -0.0440. The van der Waals surface area contributed by atoms with Gasteiger partial charge in [0, 0.05) is 20.7 Å². The first-order chi connectivity index (χ1) is 6.77. The Bertz CT molecular complexity index is 302. The molecule has 0 fully saturated rings. The summed E-state index contributed by atoms with van der Waals surface area (Å²) in [5, 5.41) is 13.9. The van der Waals surface area contributed by atoms with E-state index in [1.54, 1.807) is 14.2 Å². The lowest BCUT2D eigenvalue weighted by Gasteiger charge is -1.99. The molecule has 6 nitrogen and oxygen atoms in total. The maximum Gasteiger partial charge on any atom is 0.282 e. The van der Waals surface area contributed by atoms with Crippen LogP contribution in [0.2, 0.25) is 0 Å². The molecule has 1 rings (SSSR count). The lowest BCUT2D eigenvalue weighted by molar-refractivity contribution is 0.0936. The molecule has 14 heavy (non-hydrogen) atoms. The number of carbonyl (C=O) groups excluding carboxylic acids is 1. The summed E-state index contributed by atoms with van der Waals surface area (Å²) in [7, 11) is 3.31. The molecule has 0 bridgehead atoms. The Morgan fingerprint density at radius 3 is 2.93 bits per heavy atom. The molecule has 1 amide bonds. The standard InChI is InChI=1S/C7H12N4O2S/c1-8-7-11-10-6(14-7)5(12)9-3-4-13-2/h3-4H2,1-2H3,(H,8,11)(H,9,12). The van der Waals surface area contributed by atoms with Crippen molar-refractivity contribution in [2.24, 2.45) is 0 Å². The third-order valence-corrected chi connectivity index (χ3v) is 2.36. The van der Waals surface area contributed by atoms with Gasteiger partial charge in [0.05, 0.1) is 6.61 Å². The number of aromatic nitrogens is 2. The van der Waals surface area contributed by atoms with E-state index in [2.05, 4.69) is 20.8 Å². The van der Waals surface area contributed by atoms with Gasteiger partial charge in [0.25, 0.3) is 5.91 Å². The molecular formula is C7H12N4O2S. The van der Waals surface area contributed by atoms with Crippen LogP contribution >= 0.6 is 11.3 Å². The highest BCUT2D eigenvalue weighted by atomic mass is 32.1. The number of nitrogens with one attached hydrogen (secondary N) is 2. The Balaban J connectivity index is 2.44. The average molecular weight is 216 g/mol. The number of rotatable bonds is 5. The number of methoxy groups -OCH3 is 1. The fourth-order valence-corrected chi connectivity index (χ4v) is 1.37. The van der Waals surface area contributed by atoms with E-state index < -0.39 is 0 Å². The average Bonchev–Trinajstić information content (AvgIpc) is 2.66. The summed E-state index contributed by atoms with van der Waals surface area (Å²) in [5.41, 5.74) is 0. The van der Waals surface area contributed by atoms with Crippen molar-refractivity contribution in [3.63, 3.8) is 0 Å². The van der Waals surface area contributed by atoms with Gasteiger partial charge in [-0.1, -0.05) is 11.3 Å². The van der Waals surface area contributed by atoms with Crippen molar-refractivity contribution in [1.82, 2.24) is 15.5 Å². The van der Waals surface area contributed by atoms with E-state index in [4.69, 9.17) is 4.74 Å². The topological polar surface area (TPSA) is 76.1 Å². The zero-order valence-corrected chi connectivity index (χ0v) is 8.85. The molecule has 0 radical (unpaired) electrons. The number of hydrogen-bond acceptors (Lipinski definition) is 6. The minimum Gasteiger partial charge on any atom is -0.383 e. The van der Waals surface area contributed by atoms with E-state index in [-0.39, 0.29) is 5.91 Å².